The van der Waals surface area contributed by atoms with E-state index in [1.807, 2.05) is 17.6 Å². The van der Waals surface area contributed by atoms with Crippen molar-refractivity contribution < 1.29 is 0 Å². The smallest absolute Gasteiger partial charge is 0.146 e. The van der Waals surface area contributed by atoms with Gasteiger partial charge < -0.3 is 5.32 Å². The fourth-order valence-corrected chi connectivity index (χ4v) is 5.82. The lowest BCUT2D eigenvalue weighted by Crippen LogP contribution is -2.21. The molecule has 0 radical (unpaired) electrons. The summed E-state index contributed by atoms with van der Waals surface area (Å²) < 4.78 is 0. The minimum Gasteiger partial charge on any atom is -0.356 e. The van der Waals surface area contributed by atoms with Crippen molar-refractivity contribution >= 4 is 38.7 Å². The number of likely N-dealkylation sites (tertiary alicyclic amines) is 1. The number of nitrogens with one attached hydrogen (secondary N) is 1. The molecular weight excluding hydrogens is 410 g/mol. The molecule has 1 atom stereocenters. The molecule has 5 rings (SSSR count). The van der Waals surface area contributed by atoms with Gasteiger partial charge >= 0.3 is 0 Å². The molecule has 5 nitrogen and oxygen atoms in total. The average molecular weight is 436 g/mol. The van der Waals surface area contributed by atoms with Crippen molar-refractivity contribution in [3.8, 4) is 0 Å². The first-order valence-electron chi connectivity index (χ1n) is 10.4. The Morgan fingerprint density at radius 2 is 1.90 bits per heavy atom. The number of hydrogen-bond acceptors (Lipinski definition) is 7. The third kappa shape index (κ3) is 3.85. The number of rotatable bonds is 6. The molecular formula is C23H25N5S2. The highest BCUT2D eigenvalue weighted by atomic mass is 32.1. The van der Waals surface area contributed by atoms with Crippen molar-refractivity contribution in [3.63, 3.8) is 0 Å². The van der Waals surface area contributed by atoms with Crippen LogP contribution in [0.4, 0.5) is 5.82 Å². The van der Waals surface area contributed by atoms with Crippen LogP contribution < -0.4 is 5.32 Å². The fourth-order valence-electron chi connectivity index (χ4n) is 4.06. The topological polar surface area (TPSA) is 53.9 Å². The number of fused-ring (bicyclic) bond motifs is 1. The summed E-state index contributed by atoms with van der Waals surface area (Å²) in [4.78, 5) is 19.4. The lowest BCUT2D eigenvalue weighted by atomic mass is 10.1. The number of anilines is 1. The molecule has 1 aliphatic heterocycles. The average Bonchev–Trinajstić information content (AvgIpc) is 3.50. The minimum absolute atomic E-state index is 0.0384. The Hall–Kier alpha value is -2.35. The van der Waals surface area contributed by atoms with Crippen molar-refractivity contribution in [2.24, 2.45) is 0 Å². The van der Waals surface area contributed by atoms with E-state index in [0.717, 1.165) is 46.5 Å². The van der Waals surface area contributed by atoms with Gasteiger partial charge in [-0.25, -0.2) is 15.0 Å². The van der Waals surface area contributed by atoms with E-state index in [2.05, 4.69) is 53.3 Å². The minimum atomic E-state index is -0.0384. The Bertz CT molecular complexity index is 1130. The number of hydrogen-bond donors (Lipinski definition) is 1. The summed E-state index contributed by atoms with van der Waals surface area (Å²) >= 11 is 3.43. The van der Waals surface area contributed by atoms with Gasteiger partial charge in [0.1, 0.15) is 27.5 Å². The van der Waals surface area contributed by atoms with Crippen molar-refractivity contribution in [3.05, 3.63) is 68.7 Å². The Balaban J connectivity index is 1.58. The maximum atomic E-state index is 5.03. The quantitative estimate of drug-likeness (QED) is 0.430. The number of thiophene rings is 1. The largest absolute Gasteiger partial charge is 0.356 e. The molecule has 30 heavy (non-hydrogen) atoms. The van der Waals surface area contributed by atoms with Crippen LogP contribution in [0.5, 0.6) is 0 Å². The van der Waals surface area contributed by atoms with Crippen LogP contribution in [0.15, 0.2) is 41.9 Å². The number of benzene rings is 1. The second-order valence-electron chi connectivity index (χ2n) is 7.79. The molecule has 0 amide bonds. The third-order valence-corrected chi connectivity index (χ3v) is 7.69. The molecule has 1 aliphatic rings. The number of thiazole rings is 1. The van der Waals surface area contributed by atoms with Gasteiger partial charge in [-0.1, -0.05) is 30.3 Å². The second kappa shape index (κ2) is 8.41. The monoisotopic (exact) mass is 435 g/mol. The summed E-state index contributed by atoms with van der Waals surface area (Å²) in [6, 6.07) is 10.5. The molecule has 7 heteroatoms. The zero-order chi connectivity index (χ0) is 20.5. The molecule has 1 N–H and O–H groups in total. The summed E-state index contributed by atoms with van der Waals surface area (Å²) in [6.45, 7) is 7.43. The number of nitrogens with zero attached hydrogens (tertiary/aromatic N) is 4. The lowest BCUT2D eigenvalue weighted by molar-refractivity contribution is 0.323. The van der Waals surface area contributed by atoms with Crippen molar-refractivity contribution in [2.45, 2.75) is 39.3 Å². The van der Waals surface area contributed by atoms with Gasteiger partial charge in [-0.2, -0.15) is 0 Å². The van der Waals surface area contributed by atoms with E-state index in [0.29, 0.717) is 0 Å². The van der Waals surface area contributed by atoms with E-state index in [4.69, 9.17) is 9.97 Å². The zero-order valence-corrected chi connectivity index (χ0v) is 18.9. The lowest BCUT2D eigenvalue weighted by Gasteiger charge is -2.20. The fraction of sp³-hybridized carbons (Fsp3) is 0.348. The normalized spacial score (nSPS) is 15.7. The Morgan fingerprint density at radius 3 is 2.63 bits per heavy atom. The molecule has 1 saturated heterocycles. The van der Waals surface area contributed by atoms with Crippen LogP contribution in [0.25, 0.3) is 10.2 Å². The molecule has 3 aromatic heterocycles. The van der Waals surface area contributed by atoms with E-state index >= 15 is 0 Å². The van der Waals surface area contributed by atoms with E-state index in [-0.39, 0.29) is 6.04 Å². The van der Waals surface area contributed by atoms with Gasteiger partial charge in [0.25, 0.3) is 0 Å². The number of aryl methyl sites for hydroxylation is 2. The highest BCUT2D eigenvalue weighted by molar-refractivity contribution is 7.18. The molecule has 1 fully saturated rings. The molecule has 0 spiro atoms. The van der Waals surface area contributed by atoms with Crippen LogP contribution in [0.3, 0.4) is 0 Å². The van der Waals surface area contributed by atoms with E-state index < -0.39 is 0 Å². The van der Waals surface area contributed by atoms with Crippen LogP contribution in [-0.4, -0.2) is 32.9 Å². The van der Waals surface area contributed by atoms with Gasteiger partial charge in [0.05, 0.1) is 11.9 Å². The van der Waals surface area contributed by atoms with Crippen LogP contribution in [-0.2, 0) is 6.54 Å². The van der Waals surface area contributed by atoms with Crippen LogP contribution in [0.2, 0.25) is 0 Å². The Labute approximate surface area is 184 Å². The molecule has 1 aromatic carbocycles. The summed E-state index contributed by atoms with van der Waals surface area (Å²) in [7, 11) is 0. The molecule has 0 saturated carbocycles. The molecule has 0 bridgehead atoms. The van der Waals surface area contributed by atoms with Gasteiger partial charge in [-0.3, -0.25) is 4.90 Å². The van der Waals surface area contributed by atoms with Crippen molar-refractivity contribution in [2.75, 3.05) is 18.4 Å². The summed E-state index contributed by atoms with van der Waals surface area (Å²) in [5.41, 5.74) is 2.45. The maximum Gasteiger partial charge on any atom is 0.146 e. The highest BCUT2D eigenvalue weighted by Crippen LogP contribution is 2.36. The second-order valence-corrected chi connectivity index (χ2v) is 9.92. The van der Waals surface area contributed by atoms with E-state index in [9.17, 15) is 0 Å². The van der Waals surface area contributed by atoms with Crippen LogP contribution in [0.1, 0.15) is 45.7 Å². The standard InChI is InChI=1S/C23H25N5S2/c1-15-16(2)30-22-19(15)21(25-18(26-22)14-28-11-6-7-12-28)27-20(23-24-10-13-29-23)17-8-4-3-5-9-17/h3-5,8-10,13,20H,6-7,11-12,14H2,1-2H3,(H,25,26,27). The zero-order valence-electron chi connectivity index (χ0n) is 17.3. The SMILES string of the molecule is Cc1sc2nc(CN3CCCC3)nc(NC(c3ccccc3)c3nccs3)c2c1C. The van der Waals surface area contributed by atoms with Crippen molar-refractivity contribution in [1.29, 1.82) is 0 Å². The highest BCUT2D eigenvalue weighted by Gasteiger charge is 2.22. The number of aromatic nitrogens is 3. The molecule has 0 aliphatic carbocycles. The first kappa shape index (κ1) is 19.6. The van der Waals surface area contributed by atoms with Crippen molar-refractivity contribution in [1.82, 2.24) is 19.9 Å². The van der Waals surface area contributed by atoms with Crippen LogP contribution >= 0.6 is 22.7 Å². The van der Waals surface area contributed by atoms with Gasteiger partial charge in [0, 0.05) is 16.5 Å². The first-order chi connectivity index (χ1) is 14.7. The van der Waals surface area contributed by atoms with E-state index in [1.165, 1.54) is 28.8 Å². The van der Waals surface area contributed by atoms with Crippen LogP contribution in [0, 0.1) is 13.8 Å². The molecule has 1 unspecified atom stereocenters. The van der Waals surface area contributed by atoms with Gasteiger partial charge in [-0.15, -0.1) is 22.7 Å². The Kier molecular flexibility index (Phi) is 5.50. The summed E-state index contributed by atoms with van der Waals surface area (Å²) in [5.74, 6) is 1.82. The predicted molar refractivity (Wildman–Crippen MR) is 125 cm³/mol. The first-order valence-corrected chi connectivity index (χ1v) is 12.1. The molecule has 154 valence electrons. The van der Waals surface area contributed by atoms with E-state index in [1.54, 1.807) is 22.7 Å². The van der Waals surface area contributed by atoms with Gasteiger partial charge in [0.2, 0.25) is 0 Å². The van der Waals surface area contributed by atoms with Gasteiger partial charge in [-0.05, 0) is 50.9 Å². The maximum absolute atomic E-state index is 5.03. The van der Waals surface area contributed by atoms with Gasteiger partial charge in [0.15, 0.2) is 0 Å². The third-order valence-electron chi connectivity index (χ3n) is 5.75. The predicted octanol–water partition coefficient (Wildman–Crippen LogP) is 5.56. The summed E-state index contributed by atoms with van der Waals surface area (Å²) in [6.07, 6.45) is 4.40. The molecule has 4 aromatic rings. The summed E-state index contributed by atoms with van der Waals surface area (Å²) in [5, 5.41) is 7.95. The Morgan fingerprint density at radius 1 is 1.10 bits per heavy atom. The molecule has 4 heterocycles.